The van der Waals surface area contributed by atoms with E-state index in [2.05, 4.69) is 10.6 Å². The number of carbonyl (C=O) groups is 8. The zero-order valence-electron chi connectivity index (χ0n) is 37.2. The van der Waals surface area contributed by atoms with Crippen molar-refractivity contribution < 1.29 is 95.2 Å². The number of thioether (sulfide) groups is 1. The molecule has 4 rings (SSSR count). The molecule has 2 N–H and O–H groups in total. The van der Waals surface area contributed by atoms with Gasteiger partial charge in [-0.05, 0) is 24.3 Å². The van der Waals surface area contributed by atoms with E-state index in [4.69, 9.17) is 56.8 Å². The van der Waals surface area contributed by atoms with E-state index in [1.165, 1.54) is 64.8 Å². The van der Waals surface area contributed by atoms with Gasteiger partial charge in [-0.3, -0.25) is 38.4 Å². The van der Waals surface area contributed by atoms with Gasteiger partial charge in [0, 0.05) is 64.8 Å². The highest BCUT2D eigenvalue weighted by Gasteiger charge is 2.56. The van der Waals surface area contributed by atoms with Crippen LogP contribution in [0.1, 0.15) is 62.3 Å². The molecule has 0 bridgehead atoms. The summed E-state index contributed by atoms with van der Waals surface area (Å²) in [5.74, 6) is -5.65. The quantitative estimate of drug-likeness (QED) is 0.159. The highest BCUT2D eigenvalue weighted by Crippen LogP contribution is 2.41. The Labute approximate surface area is 377 Å². The molecule has 356 valence electrons. The molecule has 2 saturated heterocycles. The summed E-state index contributed by atoms with van der Waals surface area (Å²) >= 11 is 0.694. The summed E-state index contributed by atoms with van der Waals surface area (Å²) in [4.78, 5) is 104. The molecule has 2 amide bonds. The third-order valence-electron chi connectivity index (χ3n) is 9.50. The topological polar surface area (TPSA) is 271 Å². The van der Waals surface area contributed by atoms with Gasteiger partial charge in [-0.2, -0.15) is 0 Å². The van der Waals surface area contributed by atoms with Crippen LogP contribution in [0, 0.1) is 0 Å². The summed E-state index contributed by atoms with van der Waals surface area (Å²) < 4.78 is 67.7. The third-order valence-corrected chi connectivity index (χ3v) is 10.8. The Bertz CT molecular complexity index is 1890. The minimum absolute atomic E-state index is 0.000757. The molecule has 0 spiro atoms. The fraction of sp³-hybridized carbons (Fsp3) is 0.524. The molecule has 0 saturated carbocycles. The van der Waals surface area contributed by atoms with Crippen LogP contribution in [0.5, 0.6) is 23.0 Å². The van der Waals surface area contributed by atoms with Crippen molar-refractivity contribution in [2.75, 3.05) is 41.7 Å². The zero-order valence-corrected chi connectivity index (χ0v) is 38.0. The second-order valence-electron chi connectivity index (χ2n) is 14.3. The maximum absolute atomic E-state index is 14.1. The number of methoxy groups -OCH3 is 4. The van der Waals surface area contributed by atoms with Crippen LogP contribution in [-0.4, -0.2) is 149 Å². The molecule has 0 aliphatic carbocycles. The summed E-state index contributed by atoms with van der Waals surface area (Å²) in [7, 11) is 5.49. The Morgan fingerprint density at radius 2 is 0.754 bits per heavy atom. The van der Waals surface area contributed by atoms with Crippen molar-refractivity contribution in [2.24, 2.45) is 0 Å². The standard InChI is InChI=1S/C42H52N2O20S/c1-19(45)57-17-31-35(59-21(3)47)33(43-39(51)25-11-27(53-7)15-28(12-25)54-8)37(61-23(5)49)41(63-31)65-42-38(62-24(6)50)34(36(60-22(4)48)32(64-42)18-58-20(2)46)44-40(52)26-13-29(55-9)16-30(14-26)56-10/h11-16,31-38,41-42H,17-18H2,1-10H3,(H,43,51)(H,44,52)/t31-,32-,33+,34+,35+,36+,37-,38-,41+,42+/m1/s1. The number of nitrogens with one attached hydrogen (secondary N) is 2. The molecule has 22 nitrogen and oxygen atoms in total. The smallest absolute Gasteiger partial charge is 0.303 e. The number of esters is 6. The van der Waals surface area contributed by atoms with Crippen molar-refractivity contribution in [3.05, 3.63) is 47.5 Å². The maximum atomic E-state index is 14.1. The Morgan fingerprint density at radius 1 is 0.462 bits per heavy atom. The SMILES string of the molecule is COc1cc(OC)cc(C(=O)N[C@H]2[C@@H](OC(C)=O)[C@@H](COC(C)=O)O[C@@H](S[C@@H]3O[C@H](COC(C)=O)[C@H](OC(C)=O)[C@H](NC(=O)c4cc(OC)cc(OC)c4)[C@H]3OC(C)=O)[C@@H]2OC(C)=O)c1. The van der Waals surface area contributed by atoms with E-state index in [0.717, 1.165) is 41.5 Å². The average Bonchev–Trinajstić information content (AvgIpc) is 3.24. The molecule has 2 heterocycles. The van der Waals surface area contributed by atoms with Crippen molar-refractivity contribution in [2.45, 2.75) is 101 Å². The second kappa shape index (κ2) is 23.6. The largest absolute Gasteiger partial charge is 0.497 e. The molecule has 0 unspecified atom stereocenters. The van der Waals surface area contributed by atoms with Gasteiger partial charge in [0.15, 0.2) is 24.4 Å². The van der Waals surface area contributed by atoms with Crippen molar-refractivity contribution in [3.63, 3.8) is 0 Å². The molecule has 2 aromatic rings. The molecule has 0 aromatic heterocycles. The van der Waals surface area contributed by atoms with E-state index in [1.54, 1.807) is 0 Å². The number of hydrogen-bond acceptors (Lipinski definition) is 21. The Hall–Kier alpha value is -6.33. The summed E-state index contributed by atoms with van der Waals surface area (Å²) in [6.07, 6.45) is -8.97. The molecule has 65 heavy (non-hydrogen) atoms. The van der Waals surface area contributed by atoms with Gasteiger partial charge in [-0.1, -0.05) is 11.8 Å². The molecule has 2 aliphatic heterocycles. The van der Waals surface area contributed by atoms with Crippen LogP contribution in [0.2, 0.25) is 0 Å². The third kappa shape index (κ3) is 14.3. The van der Waals surface area contributed by atoms with Crippen molar-refractivity contribution in [3.8, 4) is 23.0 Å². The maximum Gasteiger partial charge on any atom is 0.303 e. The molecule has 2 aromatic carbocycles. The van der Waals surface area contributed by atoms with Crippen molar-refractivity contribution in [1.82, 2.24) is 10.6 Å². The van der Waals surface area contributed by atoms with Crippen molar-refractivity contribution >= 4 is 59.4 Å². The summed E-state index contributed by atoms with van der Waals surface area (Å²) in [6.45, 7) is 5.38. The minimum atomic E-state index is -1.59. The van der Waals surface area contributed by atoms with Crippen LogP contribution >= 0.6 is 11.8 Å². The van der Waals surface area contributed by atoms with Crippen molar-refractivity contribution in [1.29, 1.82) is 0 Å². The number of rotatable bonds is 18. The molecule has 0 radical (unpaired) electrons. The lowest BCUT2D eigenvalue weighted by molar-refractivity contribution is -0.208. The monoisotopic (exact) mass is 936 g/mol. The number of benzene rings is 2. The van der Waals surface area contributed by atoms with Gasteiger partial charge in [0.2, 0.25) is 0 Å². The van der Waals surface area contributed by atoms with E-state index < -0.39 is 120 Å². The first kappa shape index (κ1) is 51.3. The van der Waals surface area contributed by atoms with Gasteiger partial charge in [0.25, 0.3) is 11.8 Å². The van der Waals surface area contributed by atoms with Crippen LogP contribution in [-0.2, 0) is 66.7 Å². The average molecular weight is 937 g/mol. The highest BCUT2D eigenvalue weighted by atomic mass is 32.2. The molecular weight excluding hydrogens is 885 g/mol. The van der Waals surface area contributed by atoms with E-state index in [9.17, 15) is 38.4 Å². The first-order chi connectivity index (χ1) is 30.8. The Morgan fingerprint density at radius 3 is 1.02 bits per heavy atom. The number of hydrogen-bond donors (Lipinski definition) is 2. The lowest BCUT2D eigenvalue weighted by Crippen LogP contribution is -2.68. The lowest BCUT2D eigenvalue weighted by atomic mass is 9.95. The van der Waals surface area contributed by atoms with Crippen LogP contribution < -0.4 is 29.6 Å². The summed E-state index contributed by atoms with van der Waals surface area (Å²) in [5, 5.41) is 5.52. The fourth-order valence-corrected chi connectivity index (χ4v) is 8.28. The second-order valence-corrected chi connectivity index (χ2v) is 15.5. The lowest BCUT2D eigenvalue weighted by Gasteiger charge is -2.49. The van der Waals surface area contributed by atoms with Gasteiger partial charge in [-0.25, -0.2) is 0 Å². The van der Waals surface area contributed by atoms with Gasteiger partial charge in [0.05, 0.1) is 28.4 Å². The molecular formula is C42H52N2O20S. The number of amides is 2. The van der Waals surface area contributed by atoms with E-state index in [0.29, 0.717) is 11.8 Å². The summed E-state index contributed by atoms with van der Waals surface area (Å²) in [6, 6.07) is 5.62. The Balaban J connectivity index is 1.90. The molecule has 23 heteroatoms. The van der Waals surface area contributed by atoms with Gasteiger partial charge in [0.1, 0.15) is 71.4 Å². The van der Waals surface area contributed by atoms with Crippen LogP contribution in [0.15, 0.2) is 36.4 Å². The molecule has 2 fully saturated rings. The molecule has 2 aliphatic rings. The van der Waals surface area contributed by atoms with Crippen LogP contribution in [0.25, 0.3) is 0 Å². The van der Waals surface area contributed by atoms with Gasteiger partial charge in [-0.15, -0.1) is 0 Å². The predicted octanol–water partition coefficient (Wildman–Crippen LogP) is 1.65. The number of carbonyl (C=O) groups excluding carboxylic acids is 8. The van der Waals surface area contributed by atoms with Crippen LogP contribution in [0.3, 0.4) is 0 Å². The fourth-order valence-electron chi connectivity index (χ4n) is 6.85. The molecule has 10 atom stereocenters. The minimum Gasteiger partial charge on any atom is -0.497 e. The van der Waals surface area contributed by atoms with E-state index in [-0.39, 0.29) is 34.1 Å². The zero-order chi connectivity index (χ0) is 48.1. The van der Waals surface area contributed by atoms with E-state index >= 15 is 0 Å². The first-order valence-electron chi connectivity index (χ1n) is 19.8. The Kier molecular flexibility index (Phi) is 18.6. The number of ether oxygens (including phenoxy) is 12. The first-order valence-corrected chi connectivity index (χ1v) is 20.7. The van der Waals surface area contributed by atoms with E-state index in [1.807, 2.05) is 0 Å². The van der Waals surface area contributed by atoms with Crippen LogP contribution in [0.4, 0.5) is 0 Å². The highest BCUT2D eigenvalue weighted by molar-refractivity contribution is 8.00. The van der Waals surface area contributed by atoms with Gasteiger partial charge >= 0.3 is 35.8 Å². The summed E-state index contributed by atoms with van der Waals surface area (Å²) in [5.41, 5.74) is -3.00. The van der Waals surface area contributed by atoms with Gasteiger partial charge < -0.3 is 67.5 Å². The predicted molar refractivity (Wildman–Crippen MR) is 222 cm³/mol. The normalized spacial score (nSPS) is 24.7.